The van der Waals surface area contributed by atoms with Crippen molar-refractivity contribution in [1.82, 2.24) is 14.8 Å². The van der Waals surface area contributed by atoms with Gasteiger partial charge in [-0.05, 0) is 35.9 Å². The third-order valence-electron chi connectivity index (χ3n) is 5.65. The molecule has 2 aromatic heterocycles. The third kappa shape index (κ3) is 6.07. The standard InChI is InChI=1S/C27H28F3N3OSi/c1-35(2,3)17-16-34-19-33-26(21-11-13-23(14-12-21)27(28,29)30)24(20-8-5-4-6-9-20)25(32-33)22-10-7-15-31-18-22/h4-15,18H,16-17,19H2,1-3H3. The highest BCUT2D eigenvalue weighted by Gasteiger charge is 2.30. The summed E-state index contributed by atoms with van der Waals surface area (Å²) in [7, 11) is -1.28. The molecule has 4 nitrogen and oxygen atoms in total. The number of benzene rings is 2. The van der Waals surface area contributed by atoms with Crippen molar-refractivity contribution in [2.75, 3.05) is 6.61 Å². The van der Waals surface area contributed by atoms with Gasteiger partial charge in [0.15, 0.2) is 0 Å². The van der Waals surface area contributed by atoms with E-state index in [1.807, 2.05) is 42.5 Å². The molecular formula is C27H28F3N3OSi. The van der Waals surface area contributed by atoms with Crippen LogP contribution in [0.15, 0.2) is 79.1 Å². The molecule has 0 fully saturated rings. The molecule has 35 heavy (non-hydrogen) atoms. The number of ether oxygens (including phenoxy) is 1. The van der Waals surface area contributed by atoms with Crippen LogP contribution in [0.1, 0.15) is 5.56 Å². The molecule has 2 heterocycles. The van der Waals surface area contributed by atoms with E-state index in [4.69, 9.17) is 9.84 Å². The number of rotatable bonds is 8. The smallest absolute Gasteiger partial charge is 0.360 e. The lowest BCUT2D eigenvalue weighted by Gasteiger charge is -2.16. The second-order valence-electron chi connectivity index (χ2n) is 9.60. The zero-order chi connectivity index (χ0) is 25.1. The second-order valence-corrected chi connectivity index (χ2v) is 15.2. The number of halogens is 3. The largest absolute Gasteiger partial charge is 0.416 e. The molecule has 0 saturated carbocycles. The molecule has 4 aromatic rings. The van der Waals surface area contributed by atoms with Crippen molar-refractivity contribution in [3.63, 3.8) is 0 Å². The van der Waals surface area contributed by atoms with Crippen molar-refractivity contribution < 1.29 is 17.9 Å². The first kappa shape index (κ1) is 24.9. The number of aromatic nitrogens is 3. The Morgan fingerprint density at radius 2 is 1.54 bits per heavy atom. The average Bonchev–Trinajstić information content (AvgIpc) is 3.21. The fourth-order valence-electron chi connectivity index (χ4n) is 3.78. The minimum Gasteiger partial charge on any atom is -0.360 e. The quantitative estimate of drug-likeness (QED) is 0.187. The molecule has 182 valence electrons. The van der Waals surface area contributed by atoms with Gasteiger partial charge >= 0.3 is 6.18 Å². The van der Waals surface area contributed by atoms with E-state index >= 15 is 0 Å². The summed E-state index contributed by atoms with van der Waals surface area (Å²) in [5.41, 5.74) is 3.91. The van der Waals surface area contributed by atoms with Gasteiger partial charge in [0.05, 0.1) is 11.3 Å². The summed E-state index contributed by atoms with van der Waals surface area (Å²) in [5, 5.41) is 4.88. The van der Waals surface area contributed by atoms with Gasteiger partial charge < -0.3 is 4.74 Å². The average molecular weight is 496 g/mol. The van der Waals surface area contributed by atoms with Gasteiger partial charge in [0.1, 0.15) is 12.4 Å². The van der Waals surface area contributed by atoms with E-state index in [-0.39, 0.29) is 6.73 Å². The van der Waals surface area contributed by atoms with E-state index in [0.29, 0.717) is 23.6 Å². The van der Waals surface area contributed by atoms with Crippen LogP contribution in [-0.4, -0.2) is 29.4 Å². The number of pyridine rings is 1. The van der Waals surface area contributed by atoms with Crippen LogP contribution in [0.5, 0.6) is 0 Å². The molecule has 0 N–H and O–H groups in total. The predicted octanol–water partition coefficient (Wildman–Crippen LogP) is 7.61. The van der Waals surface area contributed by atoms with Gasteiger partial charge in [-0.1, -0.05) is 62.1 Å². The molecule has 0 amide bonds. The molecule has 4 rings (SSSR count). The van der Waals surface area contributed by atoms with Crippen molar-refractivity contribution >= 4 is 8.07 Å². The monoisotopic (exact) mass is 495 g/mol. The van der Waals surface area contributed by atoms with E-state index in [9.17, 15) is 13.2 Å². The Kier molecular flexibility index (Phi) is 7.23. The van der Waals surface area contributed by atoms with E-state index < -0.39 is 19.8 Å². The Morgan fingerprint density at radius 1 is 0.857 bits per heavy atom. The Hall–Kier alpha value is -3.23. The number of hydrogen-bond acceptors (Lipinski definition) is 3. The zero-order valence-electron chi connectivity index (χ0n) is 20.0. The van der Waals surface area contributed by atoms with Crippen LogP contribution >= 0.6 is 0 Å². The Balaban J connectivity index is 1.85. The topological polar surface area (TPSA) is 39.9 Å². The van der Waals surface area contributed by atoms with E-state index in [1.54, 1.807) is 17.1 Å². The molecule has 0 unspecified atom stereocenters. The lowest BCUT2D eigenvalue weighted by atomic mass is 9.96. The number of alkyl halides is 3. The van der Waals surface area contributed by atoms with E-state index in [0.717, 1.165) is 34.9 Å². The number of hydrogen-bond donors (Lipinski definition) is 0. The van der Waals surface area contributed by atoms with Gasteiger partial charge in [-0.15, -0.1) is 0 Å². The summed E-state index contributed by atoms with van der Waals surface area (Å²) in [5.74, 6) is 0. The molecule has 0 saturated heterocycles. The Morgan fingerprint density at radius 3 is 2.14 bits per heavy atom. The van der Waals surface area contributed by atoms with Gasteiger partial charge in [-0.25, -0.2) is 4.68 Å². The van der Waals surface area contributed by atoms with E-state index in [2.05, 4.69) is 24.6 Å². The minimum absolute atomic E-state index is 0.195. The molecule has 0 aliphatic rings. The maximum absolute atomic E-state index is 13.2. The molecule has 0 radical (unpaired) electrons. The molecule has 0 spiro atoms. The lowest BCUT2D eigenvalue weighted by molar-refractivity contribution is -0.137. The lowest BCUT2D eigenvalue weighted by Crippen LogP contribution is -2.22. The first-order chi connectivity index (χ1) is 16.6. The van der Waals surface area contributed by atoms with Crippen LogP contribution in [0.2, 0.25) is 25.7 Å². The molecule has 0 bridgehead atoms. The highest BCUT2D eigenvalue weighted by atomic mass is 28.3. The van der Waals surface area contributed by atoms with Gasteiger partial charge in [-0.3, -0.25) is 4.98 Å². The second kappa shape index (κ2) is 10.2. The van der Waals surface area contributed by atoms with Crippen LogP contribution in [-0.2, 0) is 17.6 Å². The van der Waals surface area contributed by atoms with Gasteiger partial charge in [0, 0.05) is 43.8 Å². The van der Waals surface area contributed by atoms with Crippen molar-refractivity contribution in [2.24, 2.45) is 0 Å². The first-order valence-corrected chi connectivity index (χ1v) is 15.2. The summed E-state index contributed by atoms with van der Waals surface area (Å²) < 4.78 is 47.5. The SMILES string of the molecule is C[Si](C)(C)CCOCn1nc(-c2cccnc2)c(-c2ccccc2)c1-c1ccc(C(F)(F)F)cc1. The molecule has 8 heteroatoms. The van der Waals surface area contributed by atoms with Crippen molar-refractivity contribution in [3.05, 3.63) is 84.7 Å². The summed E-state index contributed by atoms with van der Waals surface area (Å²) in [4.78, 5) is 4.25. The summed E-state index contributed by atoms with van der Waals surface area (Å²) in [6, 6.07) is 19.7. The number of nitrogens with zero attached hydrogens (tertiary/aromatic N) is 3. The van der Waals surface area contributed by atoms with Crippen LogP contribution in [0.25, 0.3) is 33.6 Å². The van der Waals surface area contributed by atoms with Crippen molar-refractivity contribution in [2.45, 2.75) is 38.6 Å². The predicted molar refractivity (Wildman–Crippen MR) is 135 cm³/mol. The molecule has 0 aliphatic heterocycles. The van der Waals surface area contributed by atoms with E-state index in [1.165, 1.54) is 12.1 Å². The normalized spacial score (nSPS) is 12.2. The van der Waals surface area contributed by atoms with Crippen molar-refractivity contribution in [3.8, 4) is 33.6 Å². The zero-order valence-corrected chi connectivity index (χ0v) is 21.0. The minimum atomic E-state index is -4.40. The van der Waals surface area contributed by atoms with Crippen LogP contribution in [0, 0.1) is 0 Å². The first-order valence-electron chi connectivity index (χ1n) is 11.5. The van der Waals surface area contributed by atoms with Gasteiger partial charge in [0.25, 0.3) is 0 Å². The summed E-state index contributed by atoms with van der Waals surface area (Å²) in [6.45, 7) is 7.65. The van der Waals surface area contributed by atoms with Crippen LogP contribution in [0.4, 0.5) is 13.2 Å². The molecule has 0 atom stereocenters. The van der Waals surface area contributed by atoms with Gasteiger partial charge in [0.2, 0.25) is 0 Å². The van der Waals surface area contributed by atoms with Gasteiger partial charge in [-0.2, -0.15) is 18.3 Å². The molecule has 2 aromatic carbocycles. The summed E-state index contributed by atoms with van der Waals surface area (Å²) in [6.07, 6.45) is -0.970. The highest BCUT2D eigenvalue weighted by molar-refractivity contribution is 6.76. The van der Waals surface area contributed by atoms with Crippen molar-refractivity contribution in [1.29, 1.82) is 0 Å². The summed E-state index contributed by atoms with van der Waals surface area (Å²) >= 11 is 0. The van der Waals surface area contributed by atoms with Crippen LogP contribution < -0.4 is 0 Å². The fourth-order valence-corrected chi connectivity index (χ4v) is 4.54. The highest BCUT2D eigenvalue weighted by Crippen LogP contribution is 2.40. The molecular weight excluding hydrogens is 467 g/mol. The Labute approximate surface area is 204 Å². The third-order valence-corrected chi connectivity index (χ3v) is 7.35. The fraction of sp³-hybridized carbons (Fsp3) is 0.259. The Bertz CT molecular complexity index is 1250. The maximum atomic E-state index is 13.2. The van der Waals surface area contributed by atoms with Crippen LogP contribution in [0.3, 0.4) is 0 Å². The maximum Gasteiger partial charge on any atom is 0.416 e. The molecule has 0 aliphatic carbocycles.